The normalized spacial score (nSPS) is 24.6. The second-order valence-electron chi connectivity index (χ2n) is 7.89. The lowest BCUT2D eigenvalue weighted by molar-refractivity contribution is 0.278. The monoisotopic (exact) mass is 438 g/mol. The Kier molecular flexibility index (Phi) is 8.26. The third-order valence-electron chi connectivity index (χ3n) is 5.86. The van der Waals surface area contributed by atoms with E-state index < -0.39 is 10.0 Å². The van der Waals surface area contributed by atoms with Crippen LogP contribution in [-0.2, 0) is 10.0 Å². The molecule has 0 aromatic heterocycles. The lowest BCUT2D eigenvalue weighted by atomic mass is 9.98. The van der Waals surface area contributed by atoms with Crippen molar-refractivity contribution in [2.24, 2.45) is 10.9 Å². The molecule has 8 heteroatoms. The summed E-state index contributed by atoms with van der Waals surface area (Å²) in [7, 11) is -3.38. The summed E-state index contributed by atoms with van der Waals surface area (Å²) < 4.78 is 27.2. The number of rotatable bonds is 7. The van der Waals surface area contributed by atoms with Crippen LogP contribution < -0.4 is 10.6 Å². The molecule has 162 valence electrons. The first kappa shape index (κ1) is 22.4. The summed E-state index contributed by atoms with van der Waals surface area (Å²) in [4.78, 5) is 5.20. The molecule has 2 aliphatic rings. The van der Waals surface area contributed by atoms with E-state index in [1.807, 2.05) is 17.8 Å². The van der Waals surface area contributed by atoms with Gasteiger partial charge in [0.15, 0.2) is 5.96 Å². The summed E-state index contributed by atoms with van der Waals surface area (Å²) in [5.74, 6) is 1.33. The highest BCUT2D eigenvalue weighted by molar-refractivity contribution is 7.99. The van der Waals surface area contributed by atoms with Crippen molar-refractivity contribution in [3.05, 3.63) is 30.3 Å². The maximum Gasteiger partial charge on any atom is 0.243 e. The van der Waals surface area contributed by atoms with Gasteiger partial charge in [-0.1, -0.05) is 18.2 Å². The van der Waals surface area contributed by atoms with Gasteiger partial charge in [0.1, 0.15) is 0 Å². The molecule has 1 heterocycles. The van der Waals surface area contributed by atoms with Crippen molar-refractivity contribution in [3.63, 3.8) is 0 Å². The number of hydrogen-bond acceptors (Lipinski definition) is 4. The topological polar surface area (TPSA) is 73.8 Å². The molecule has 1 saturated carbocycles. The van der Waals surface area contributed by atoms with Crippen LogP contribution in [0.5, 0.6) is 0 Å². The zero-order valence-corrected chi connectivity index (χ0v) is 19.1. The molecule has 1 saturated heterocycles. The first-order chi connectivity index (χ1) is 14.0. The van der Waals surface area contributed by atoms with Crippen LogP contribution in [0.2, 0.25) is 0 Å². The van der Waals surface area contributed by atoms with Crippen LogP contribution in [0.4, 0.5) is 0 Å². The summed E-state index contributed by atoms with van der Waals surface area (Å²) in [5, 5.41) is 7.71. The molecule has 2 fully saturated rings. The molecular weight excluding hydrogens is 404 g/mol. The van der Waals surface area contributed by atoms with E-state index in [1.165, 1.54) is 19.3 Å². The molecule has 3 rings (SSSR count). The summed E-state index contributed by atoms with van der Waals surface area (Å²) in [6.45, 7) is 4.81. The van der Waals surface area contributed by atoms with Crippen LogP contribution in [0.1, 0.15) is 39.0 Å². The number of nitrogens with one attached hydrogen (secondary N) is 2. The third-order valence-corrected chi connectivity index (χ3v) is 8.87. The van der Waals surface area contributed by atoms with Crippen molar-refractivity contribution < 1.29 is 8.42 Å². The Balaban J connectivity index is 1.51. The highest BCUT2D eigenvalue weighted by Gasteiger charge is 2.29. The molecule has 1 aliphatic carbocycles. The SMILES string of the molecule is CCNC(=NCC1CCN(S(=O)(=O)c2ccccc2)CC1)NC1CCC(SC)C1. The first-order valence-corrected chi connectivity index (χ1v) is 13.4. The number of sulfonamides is 1. The smallest absolute Gasteiger partial charge is 0.243 e. The van der Waals surface area contributed by atoms with Gasteiger partial charge in [0, 0.05) is 37.5 Å². The van der Waals surface area contributed by atoms with E-state index in [4.69, 9.17) is 4.99 Å². The second kappa shape index (κ2) is 10.7. The number of hydrogen-bond donors (Lipinski definition) is 2. The summed E-state index contributed by atoms with van der Waals surface area (Å²) >= 11 is 1.96. The Labute approximate surface area is 180 Å². The van der Waals surface area contributed by atoms with E-state index in [0.29, 0.717) is 29.9 Å². The maximum absolute atomic E-state index is 12.8. The molecule has 1 aromatic carbocycles. The average Bonchev–Trinajstić information content (AvgIpc) is 3.21. The van der Waals surface area contributed by atoms with Crippen LogP contribution in [0.25, 0.3) is 0 Å². The van der Waals surface area contributed by atoms with Crippen molar-refractivity contribution in [2.75, 3.05) is 32.4 Å². The fourth-order valence-electron chi connectivity index (χ4n) is 4.09. The predicted molar refractivity (Wildman–Crippen MR) is 122 cm³/mol. The molecule has 0 bridgehead atoms. The Bertz CT molecular complexity index is 762. The maximum atomic E-state index is 12.8. The highest BCUT2D eigenvalue weighted by Crippen LogP contribution is 2.28. The quantitative estimate of drug-likeness (QED) is 0.506. The summed E-state index contributed by atoms with van der Waals surface area (Å²) in [6, 6.07) is 9.23. The van der Waals surface area contributed by atoms with Crippen molar-refractivity contribution in [2.45, 2.75) is 55.2 Å². The van der Waals surface area contributed by atoms with Crippen molar-refractivity contribution >= 4 is 27.7 Å². The van der Waals surface area contributed by atoms with Gasteiger partial charge >= 0.3 is 0 Å². The number of guanidine groups is 1. The van der Waals surface area contributed by atoms with Crippen LogP contribution in [0, 0.1) is 5.92 Å². The Hall–Kier alpha value is -1.25. The molecule has 0 amide bonds. The van der Waals surface area contributed by atoms with Crippen LogP contribution in [-0.4, -0.2) is 62.4 Å². The third kappa shape index (κ3) is 6.12. The average molecular weight is 439 g/mol. The first-order valence-electron chi connectivity index (χ1n) is 10.7. The molecule has 6 nitrogen and oxygen atoms in total. The van der Waals surface area contributed by atoms with Gasteiger partial charge in [0.05, 0.1) is 4.90 Å². The molecule has 2 unspecified atom stereocenters. The minimum atomic E-state index is -3.38. The second-order valence-corrected chi connectivity index (χ2v) is 11.0. The Morgan fingerprint density at radius 2 is 1.90 bits per heavy atom. The van der Waals surface area contributed by atoms with Gasteiger partial charge < -0.3 is 10.6 Å². The van der Waals surface area contributed by atoms with Gasteiger partial charge in [-0.2, -0.15) is 16.1 Å². The molecule has 0 spiro atoms. The molecule has 1 aromatic rings. The van der Waals surface area contributed by atoms with E-state index in [-0.39, 0.29) is 0 Å². The van der Waals surface area contributed by atoms with Gasteiger partial charge in [-0.05, 0) is 63.3 Å². The van der Waals surface area contributed by atoms with E-state index in [2.05, 4.69) is 23.8 Å². The van der Waals surface area contributed by atoms with Gasteiger partial charge in [0.25, 0.3) is 0 Å². The lowest BCUT2D eigenvalue weighted by Crippen LogP contribution is -2.43. The molecule has 2 atom stereocenters. The van der Waals surface area contributed by atoms with Crippen LogP contribution >= 0.6 is 11.8 Å². The summed E-state index contributed by atoms with van der Waals surface area (Å²) in [6.07, 6.45) is 7.57. The number of piperidine rings is 1. The predicted octanol–water partition coefficient (Wildman–Crippen LogP) is 2.93. The molecule has 0 radical (unpaired) electrons. The highest BCUT2D eigenvalue weighted by atomic mass is 32.2. The number of nitrogens with zero attached hydrogens (tertiary/aromatic N) is 2. The zero-order valence-electron chi connectivity index (χ0n) is 17.5. The number of thioether (sulfide) groups is 1. The van der Waals surface area contributed by atoms with Crippen LogP contribution in [0.15, 0.2) is 40.2 Å². The van der Waals surface area contributed by atoms with Gasteiger partial charge in [-0.25, -0.2) is 8.42 Å². The Morgan fingerprint density at radius 1 is 1.17 bits per heavy atom. The van der Waals surface area contributed by atoms with Crippen molar-refractivity contribution in [1.29, 1.82) is 0 Å². The van der Waals surface area contributed by atoms with Crippen LogP contribution in [0.3, 0.4) is 0 Å². The largest absolute Gasteiger partial charge is 0.357 e. The fourth-order valence-corrected chi connectivity index (χ4v) is 6.38. The molecule has 29 heavy (non-hydrogen) atoms. The Morgan fingerprint density at radius 3 is 2.52 bits per heavy atom. The van der Waals surface area contributed by atoms with E-state index in [1.54, 1.807) is 28.6 Å². The van der Waals surface area contributed by atoms with E-state index in [0.717, 1.165) is 37.1 Å². The minimum absolute atomic E-state index is 0.384. The zero-order chi connectivity index (χ0) is 20.7. The fraction of sp³-hybridized carbons (Fsp3) is 0.667. The summed E-state index contributed by atoms with van der Waals surface area (Å²) in [5.41, 5.74) is 0. The number of aliphatic imine (C=N–C) groups is 1. The molecule has 2 N–H and O–H groups in total. The standard InChI is InChI=1S/C21H34N4O2S2/c1-3-22-21(24-18-9-10-19(15-18)28-2)23-16-17-11-13-25(14-12-17)29(26,27)20-7-5-4-6-8-20/h4-8,17-19H,3,9-16H2,1-2H3,(H2,22,23,24). The van der Waals surface area contributed by atoms with Gasteiger partial charge in [-0.3, -0.25) is 4.99 Å². The van der Waals surface area contributed by atoms with E-state index in [9.17, 15) is 8.42 Å². The lowest BCUT2D eigenvalue weighted by Gasteiger charge is -2.30. The number of benzene rings is 1. The van der Waals surface area contributed by atoms with Gasteiger partial charge in [-0.15, -0.1) is 0 Å². The molecular formula is C21H34N4O2S2. The molecule has 1 aliphatic heterocycles. The van der Waals surface area contributed by atoms with Crippen molar-refractivity contribution in [3.8, 4) is 0 Å². The minimum Gasteiger partial charge on any atom is -0.357 e. The van der Waals surface area contributed by atoms with Gasteiger partial charge in [0.2, 0.25) is 10.0 Å². The van der Waals surface area contributed by atoms with Crippen molar-refractivity contribution in [1.82, 2.24) is 14.9 Å². The van der Waals surface area contributed by atoms with E-state index >= 15 is 0 Å².